The van der Waals surface area contributed by atoms with Gasteiger partial charge in [0.15, 0.2) is 0 Å². The van der Waals surface area contributed by atoms with Crippen LogP contribution in [0.2, 0.25) is 0 Å². The third-order valence-electron chi connectivity index (χ3n) is 14.1. The van der Waals surface area contributed by atoms with Crippen LogP contribution in [0.1, 0.15) is 177 Å². The Balaban J connectivity index is 0.00000302. The van der Waals surface area contributed by atoms with E-state index in [1.165, 1.54) is 66.8 Å². The molecule has 4 aromatic carbocycles. The molecule has 3 heteroatoms. The summed E-state index contributed by atoms with van der Waals surface area (Å²) in [6.07, 6.45) is 7.68. The normalized spacial score (nSPS) is 18.6. The maximum absolute atomic E-state index is 3.13. The molecule has 0 saturated carbocycles. The van der Waals surface area contributed by atoms with E-state index in [-0.39, 0.29) is 51.9 Å². The van der Waals surface area contributed by atoms with Gasteiger partial charge in [-0.2, -0.15) is 0 Å². The van der Waals surface area contributed by atoms with Crippen LogP contribution >= 0.6 is 0 Å². The van der Waals surface area contributed by atoms with Crippen molar-refractivity contribution in [2.45, 2.75) is 143 Å². The van der Waals surface area contributed by atoms with Gasteiger partial charge in [-0.05, 0) is 0 Å². The molecule has 8 rings (SSSR count). The van der Waals surface area contributed by atoms with Gasteiger partial charge >= 0.3 is 362 Å². The van der Waals surface area contributed by atoms with Crippen molar-refractivity contribution in [2.75, 3.05) is 0 Å². The number of benzene rings is 4. The van der Waals surface area contributed by atoms with Crippen LogP contribution in [0.25, 0.3) is 22.3 Å². The van der Waals surface area contributed by atoms with Crippen molar-refractivity contribution < 1.29 is 46.1 Å². The molecule has 314 valence electrons. The summed E-state index contributed by atoms with van der Waals surface area (Å²) in [5.74, 6) is 0.387. The van der Waals surface area contributed by atoms with Crippen molar-refractivity contribution in [3.05, 3.63) is 161 Å². The minimum absolute atomic E-state index is 0. The van der Waals surface area contributed by atoms with Crippen LogP contribution in [0, 0.1) is 11.3 Å². The Morgan fingerprint density at radius 2 is 0.917 bits per heavy atom. The summed E-state index contributed by atoms with van der Waals surface area (Å²) >= 11 is -3.13. The smallest absolute Gasteiger partial charge is 1.00 e. The van der Waals surface area contributed by atoms with Crippen LogP contribution in [0.3, 0.4) is 0 Å². The van der Waals surface area contributed by atoms with Gasteiger partial charge in [-0.3, -0.25) is 0 Å². The first-order valence-electron chi connectivity index (χ1n) is 22.0. The van der Waals surface area contributed by atoms with Crippen molar-refractivity contribution >= 4 is 14.4 Å². The molecule has 4 aromatic rings. The third kappa shape index (κ3) is 7.68. The molecule has 4 aliphatic carbocycles. The van der Waals surface area contributed by atoms with E-state index in [1.54, 1.807) is 28.8 Å². The number of hydrogen-bond donors (Lipinski definition) is 0. The van der Waals surface area contributed by atoms with Gasteiger partial charge in [-0.15, -0.1) is 0 Å². The Labute approximate surface area is 384 Å². The molecule has 0 amide bonds. The first kappa shape index (κ1) is 46.7. The molecule has 0 aromatic heterocycles. The molecule has 60 heavy (non-hydrogen) atoms. The van der Waals surface area contributed by atoms with Crippen molar-refractivity contribution in [2.24, 2.45) is 11.3 Å². The zero-order chi connectivity index (χ0) is 42.2. The fourth-order valence-corrected chi connectivity index (χ4v) is 21.1. The second-order valence-corrected chi connectivity index (χ2v) is 28.6. The molecule has 0 N–H and O–H groups in total. The average Bonchev–Trinajstić information content (AvgIpc) is 3.75. The molecule has 0 bridgehead atoms. The Morgan fingerprint density at radius 1 is 0.533 bits per heavy atom. The van der Waals surface area contributed by atoms with Gasteiger partial charge in [0.2, 0.25) is 0 Å². The van der Waals surface area contributed by atoms with Crippen LogP contribution in [0.5, 0.6) is 0 Å². The SMILES string of the molecule is CC1=CC(C)(C)c2cc3c(cc21)-c1cc2c(cc1[CH]3[Zr+2]([C]1=C(C)C(C(C)(C)C)=CC1C)=[C](c1ccc(C(C)(C)C)cc1)c1ccc(C(C)(C)C)cc1)C(C)(C)C=C2C.[Cl-].[Cl-]. The monoisotopic (exact) mass is 912 g/mol. The van der Waals surface area contributed by atoms with Crippen molar-refractivity contribution in [1.82, 2.24) is 0 Å². The van der Waals surface area contributed by atoms with Crippen molar-refractivity contribution in [3.8, 4) is 11.1 Å². The van der Waals surface area contributed by atoms with E-state index in [4.69, 9.17) is 0 Å². The zero-order valence-electron chi connectivity index (χ0n) is 39.6. The van der Waals surface area contributed by atoms with Gasteiger partial charge in [-0.25, -0.2) is 0 Å². The Kier molecular flexibility index (Phi) is 12.0. The number of hydrogen-bond acceptors (Lipinski definition) is 0. The zero-order valence-corrected chi connectivity index (χ0v) is 43.5. The van der Waals surface area contributed by atoms with E-state index >= 15 is 0 Å². The van der Waals surface area contributed by atoms with Gasteiger partial charge < -0.3 is 24.8 Å². The average molecular weight is 915 g/mol. The number of halogens is 2. The maximum Gasteiger partial charge on any atom is -1.00 e. The molecule has 0 aliphatic heterocycles. The van der Waals surface area contributed by atoms with Crippen LogP contribution < -0.4 is 24.8 Å². The fraction of sp³-hybridized carbons (Fsp3) is 0.421. The molecule has 1 unspecified atom stereocenters. The number of rotatable bonds is 4. The summed E-state index contributed by atoms with van der Waals surface area (Å²) in [7, 11) is 0. The van der Waals surface area contributed by atoms with Gasteiger partial charge in [0.25, 0.3) is 0 Å². The molecule has 0 heterocycles. The summed E-state index contributed by atoms with van der Waals surface area (Å²) in [6, 6.07) is 30.4. The second kappa shape index (κ2) is 15.5. The summed E-state index contributed by atoms with van der Waals surface area (Å²) in [4.78, 5) is 0. The minimum Gasteiger partial charge on any atom is -1.00 e. The number of fused-ring (bicyclic) bond motifs is 5. The second-order valence-electron chi connectivity index (χ2n) is 22.6. The topological polar surface area (TPSA) is 0 Å². The van der Waals surface area contributed by atoms with Gasteiger partial charge in [0, 0.05) is 0 Å². The van der Waals surface area contributed by atoms with Crippen LogP contribution in [-0.2, 0) is 42.9 Å². The molecule has 1 atom stereocenters. The quantitative estimate of drug-likeness (QED) is 0.192. The van der Waals surface area contributed by atoms with E-state index < -0.39 is 21.3 Å². The maximum atomic E-state index is 2.71. The van der Waals surface area contributed by atoms with Gasteiger partial charge in [0.1, 0.15) is 0 Å². The van der Waals surface area contributed by atoms with Gasteiger partial charge in [-0.1, -0.05) is 0 Å². The van der Waals surface area contributed by atoms with Crippen LogP contribution in [-0.4, -0.2) is 3.21 Å². The van der Waals surface area contributed by atoms with E-state index in [0.29, 0.717) is 9.54 Å². The van der Waals surface area contributed by atoms with E-state index in [0.717, 1.165) is 0 Å². The Hall–Kier alpha value is -2.83. The summed E-state index contributed by atoms with van der Waals surface area (Å²) in [5.41, 5.74) is 23.8. The largest absolute Gasteiger partial charge is 1.00 e. The standard InChI is InChI=1S/C25H25.C21H26.C11H17.2ClH.Zr/c1-14-12-24(3,4)22-8-16-7-17-9-23-19(15(2)13-25(23,5)6)11-21(17)20(16)10-18(14)22;1-20(2,3)18-11-7-16(8-12-18)15-17-9-13-19(14-10-17)21(4,5)6;1-8-6-9(2)10(7-8)11(3,4)5;;;/h7-13H,1-6H3;7-14H,1-6H3;7-8H,1-5H3;2*1H;/q;;;;;+2/p-2. The minimum atomic E-state index is -3.13. The molecular formula is C57H68Cl2Zr. The number of allylic oxidation sites excluding steroid dienone is 8. The fourth-order valence-electron chi connectivity index (χ4n) is 11.2. The molecule has 0 saturated heterocycles. The summed E-state index contributed by atoms with van der Waals surface area (Å²) < 4.78 is 3.74. The van der Waals surface area contributed by atoms with Crippen LogP contribution in [0.15, 0.2) is 105 Å². The van der Waals surface area contributed by atoms with Crippen LogP contribution in [0.4, 0.5) is 0 Å². The van der Waals surface area contributed by atoms with E-state index in [1.807, 2.05) is 0 Å². The molecule has 0 fully saturated rings. The molecule has 0 radical (unpaired) electrons. The predicted octanol–water partition coefficient (Wildman–Crippen LogP) is 9.53. The first-order valence-corrected chi connectivity index (χ1v) is 25.8. The van der Waals surface area contributed by atoms with E-state index in [9.17, 15) is 0 Å². The summed E-state index contributed by atoms with van der Waals surface area (Å²) in [5, 5.41) is 0. The molecular weight excluding hydrogens is 847 g/mol. The van der Waals surface area contributed by atoms with Gasteiger partial charge in [0.05, 0.1) is 0 Å². The van der Waals surface area contributed by atoms with Crippen molar-refractivity contribution in [3.63, 3.8) is 0 Å². The Morgan fingerprint density at radius 3 is 1.25 bits per heavy atom. The first-order chi connectivity index (χ1) is 26.8. The van der Waals surface area contributed by atoms with Crippen molar-refractivity contribution in [1.29, 1.82) is 0 Å². The third-order valence-corrected chi connectivity index (χ3v) is 23.3. The Bertz CT molecular complexity index is 2410. The summed E-state index contributed by atoms with van der Waals surface area (Å²) in [6.45, 7) is 40.7. The molecule has 0 spiro atoms. The van der Waals surface area contributed by atoms with E-state index in [2.05, 4.69) is 209 Å². The molecule has 4 aliphatic rings. The molecule has 0 nitrogen and oxygen atoms in total. The predicted molar refractivity (Wildman–Crippen MR) is 250 cm³/mol.